The van der Waals surface area contributed by atoms with Gasteiger partial charge in [0.2, 0.25) is 0 Å². The van der Waals surface area contributed by atoms with E-state index in [0.717, 1.165) is 9.37 Å². The quantitative estimate of drug-likeness (QED) is 0.816. The number of carbonyl (C=O) groups excluding carboxylic acids is 2. The SMILES string of the molecule is O=C1C=C(Nc2ccc(Br)c(Cl)c2)C(=O)N1CCO. The highest BCUT2D eigenvalue weighted by Gasteiger charge is 2.30. The van der Waals surface area contributed by atoms with E-state index in [2.05, 4.69) is 21.2 Å². The Hall–Kier alpha value is -1.37. The molecule has 19 heavy (non-hydrogen) atoms. The second-order valence-electron chi connectivity index (χ2n) is 3.83. The van der Waals surface area contributed by atoms with Gasteiger partial charge >= 0.3 is 0 Å². The number of halogens is 2. The molecule has 2 rings (SSSR count). The number of imide groups is 1. The first-order chi connectivity index (χ1) is 9.02. The average Bonchev–Trinajstić information content (AvgIpc) is 2.62. The van der Waals surface area contributed by atoms with Crippen molar-refractivity contribution in [3.8, 4) is 0 Å². The van der Waals surface area contributed by atoms with Crippen LogP contribution in [0.5, 0.6) is 0 Å². The normalized spacial score (nSPS) is 14.9. The molecule has 5 nitrogen and oxygen atoms in total. The van der Waals surface area contributed by atoms with E-state index in [-0.39, 0.29) is 18.8 Å². The van der Waals surface area contributed by atoms with E-state index in [4.69, 9.17) is 16.7 Å². The van der Waals surface area contributed by atoms with Gasteiger partial charge in [-0.25, -0.2) is 0 Å². The molecule has 0 radical (unpaired) electrons. The second-order valence-corrected chi connectivity index (χ2v) is 5.09. The lowest BCUT2D eigenvalue weighted by molar-refractivity contribution is -0.137. The molecule has 1 aliphatic rings. The summed E-state index contributed by atoms with van der Waals surface area (Å²) >= 11 is 9.20. The van der Waals surface area contributed by atoms with Crippen molar-refractivity contribution in [2.45, 2.75) is 0 Å². The Morgan fingerprint density at radius 3 is 2.74 bits per heavy atom. The van der Waals surface area contributed by atoms with Gasteiger partial charge in [-0.05, 0) is 34.1 Å². The number of nitrogens with zero attached hydrogens (tertiary/aromatic N) is 1. The molecule has 2 N–H and O–H groups in total. The first-order valence-corrected chi connectivity index (χ1v) is 6.60. The molecule has 0 saturated heterocycles. The molecule has 1 aromatic rings. The fourth-order valence-corrected chi connectivity index (χ4v) is 2.07. The Balaban J connectivity index is 2.16. The van der Waals surface area contributed by atoms with Crippen LogP contribution in [-0.2, 0) is 9.59 Å². The Morgan fingerprint density at radius 2 is 2.11 bits per heavy atom. The van der Waals surface area contributed by atoms with Crippen LogP contribution >= 0.6 is 27.5 Å². The maximum absolute atomic E-state index is 11.9. The lowest BCUT2D eigenvalue weighted by Gasteiger charge is -2.13. The third-order valence-electron chi connectivity index (χ3n) is 2.53. The van der Waals surface area contributed by atoms with Crippen LogP contribution in [0, 0.1) is 0 Å². The van der Waals surface area contributed by atoms with E-state index in [1.54, 1.807) is 18.2 Å². The molecular weight excluding hydrogens is 336 g/mol. The van der Waals surface area contributed by atoms with Crippen LogP contribution in [0.4, 0.5) is 5.69 Å². The number of hydrogen-bond donors (Lipinski definition) is 2. The van der Waals surface area contributed by atoms with Crippen molar-refractivity contribution in [1.29, 1.82) is 0 Å². The summed E-state index contributed by atoms with van der Waals surface area (Å²) in [6.07, 6.45) is 1.20. The van der Waals surface area contributed by atoms with Gasteiger partial charge in [0.25, 0.3) is 11.8 Å². The van der Waals surface area contributed by atoms with Gasteiger partial charge in [-0.15, -0.1) is 0 Å². The molecule has 0 saturated carbocycles. The monoisotopic (exact) mass is 344 g/mol. The number of aliphatic hydroxyl groups excluding tert-OH is 1. The van der Waals surface area contributed by atoms with Crippen LogP contribution < -0.4 is 5.32 Å². The Morgan fingerprint density at radius 1 is 1.37 bits per heavy atom. The van der Waals surface area contributed by atoms with Gasteiger partial charge in [-0.3, -0.25) is 14.5 Å². The Labute approximate surface area is 123 Å². The molecule has 0 aromatic heterocycles. The van der Waals surface area contributed by atoms with Crippen molar-refractivity contribution < 1.29 is 14.7 Å². The number of amides is 2. The van der Waals surface area contributed by atoms with E-state index in [1.807, 2.05) is 0 Å². The third-order valence-corrected chi connectivity index (χ3v) is 3.76. The van der Waals surface area contributed by atoms with Gasteiger partial charge in [0.15, 0.2) is 0 Å². The molecule has 0 bridgehead atoms. The zero-order valence-corrected chi connectivity index (χ0v) is 12.0. The molecule has 2 amide bonds. The van der Waals surface area contributed by atoms with Crippen molar-refractivity contribution in [3.63, 3.8) is 0 Å². The molecule has 0 spiro atoms. The number of β-amino-alcohol motifs (C(OH)–C–C–N with tert-alkyl or cyclic N) is 1. The van der Waals surface area contributed by atoms with Crippen LogP contribution in [0.3, 0.4) is 0 Å². The molecular formula is C12H10BrClN2O3. The maximum Gasteiger partial charge on any atom is 0.277 e. The summed E-state index contributed by atoms with van der Waals surface area (Å²) in [6.45, 7) is -0.275. The topological polar surface area (TPSA) is 69.6 Å². The third kappa shape index (κ3) is 2.97. The zero-order chi connectivity index (χ0) is 14.0. The van der Waals surface area contributed by atoms with Gasteiger partial charge in [0, 0.05) is 16.2 Å². The summed E-state index contributed by atoms with van der Waals surface area (Å²) in [4.78, 5) is 24.4. The van der Waals surface area contributed by atoms with Gasteiger partial charge in [0.05, 0.1) is 18.2 Å². The number of aliphatic hydroxyl groups is 1. The van der Waals surface area contributed by atoms with Crippen LogP contribution in [0.1, 0.15) is 0 Å². The van der Waals surface area contributed by atoms with Crippen molar-refractivity contribution >= 4 is 45.0 Å². The summed E-state index contributed by atoms with van der Waals surface area (Å²) < 4.78 is 0.740. The summed E-state index contributed by atoms with van der Waals surface area (Å²) in [5.74, 6) is -0.900. The molecule has 0 atom stereocenters. The fourth-order valence-electron chi connectivity index (χ4n) is 1.64. The standard InChI is InChI=1S/C12H10BrClN2O3/c13-8-2-1-7(5-9(8)14)15-10-6-11(18)16(3-4-17)12(10)19/h1-2,5-6,15,17H,3-4H2. The minimum Gasteiger partial charge on any atom is -0.395 e. The molecule has 1 heterocycles. The number of carbonyl (C=O) groups is 2. The number of benzene rings is 1. The van der Waals surface area contributed by atoms with Crippen molar-refractivity contribution in [2.24, 2.45) is 0 Å². The second kappa shape index (κ2) is 5.73. The predicted octanol–water partition coefficient (Wildman–Crippen LogP) is 1.76. The van der Waals surface area contributed by atoms with E-state index in [0.29, 0.717) is 10.7 Å². The van der Waals surface area contributed by atoms with Crippen molar-refractivity contribution in [3.05, 3.63) is 39.5 Å². The molecule has 0 fully saturated rings. The van der Waals surface area contributed by atoms with Gasteiger partial charge in [-0.2, -0.15) is 0 Å². The zero-order valence-electron chi connectivity index (χ0n) is 9.69. The summed E-state index contributed by atoms with van der Waals surface area (Å²) in [5.41, 5.74) is 0.767. The number of anilines is 1. The summed E-state index contributed by atoms with van der Waals surface area (Å²) in [5, 5.41) is 12.1. The van der Waals surface area contributed by atoms with Gasteiger partial charge in [0.1, 0.15) is 5.70 Å². The van der Waals surface area contributed by atoms with E-state index in [9.17, 15) is 9.59 Å². The minimum absolute atomic E-state index is 0.0135. The van der Waals surface area contributed by atoms with Crippen LogP contribution in [0.15, 0.2) is 34.4 Å². The highest BCUT2D eigenvalue weighted by Crippen LogP contribution is 2.27. The average molecular weight is 346 g/mol. The molecule has 0 aliphatic carbocycles. The maximum atomic E-state index is 11.9. The van der Waals surface area contributed by atoms with E-state index < -0.39 is 11.8 Å². The molecule has 0 unspecified atom stereocenters. The summed E-state index contributed by atoms with van der Waals surface area (Å²) in [6, 6.07) is 5.10. The number of rotatable bonds is 4. The molecule has 1 aromatic carbocycles. The predicted molar refractivity (Wildman–Crippen MR) is 74.7 cm³/mol. The first kappa shape index (κ1) is 14.0. The lowest BCUT2D eigenvalue weighted by Crippen LogP contribution is -2.34. The highest BCUT2D eigenvalue weighted by atomic mass is 79.9. The molecule has 1 aliphatic heterocycles. The largest absolute Gasteiger partial charge is 0.395 e. The van der Waals surface area contributed by atoms with Crippen LogP contribution in [-0.4, -0.2) is 35.0 Å². The smallest absolute Gasteiger partial charge is 0.277 e. The summed E-state index contributed by atoms with van der Waals surface area (Å²) in [7, 11) is 0. The highest BCUT2D eigenvalue weighted by molar-refractivity contribution is 9.10. The van der Waals surface area contributed by atoms with Gasteiger partial charge < -0.3 is 10.4 Å². The Bertz CT molecular complexity index is 574. The molecule has 7 heteroatoms. The fraction of sp³-hybridized carbons (Fsp3) is 0.167. The first-order valence-electron chi connectivity index (χ1n) is 5.43. The van der Waals surface area contributed by atoms with Crippen LogP contribution in [0.2, 0.25) is 5.02 Å². The lowest BCUT2D eigenvalue weighted by atomic mass is 10.3. The number of hydrogen-bond acceptors (Lipinski definition) is 4. The van der Waals surface area contributed by atoms with Crippen molar-refractivity contribution in [2.75, 3.05) is 18.5 Å². The number of nitrogens with one attached hydrogen (secondary N) is 1. The van der Waals surface area contributed by atoms with E-state index in [1.165, 1.54) is 6.08 Å². The van der Waals surface area contributed by atoms with E-state index >= 15 is 0 Å². The van der Waals surface area contributed by atoms with Crippen molar-refractivity contribution in [1.82, 2.24) is 4.90 Å². The molecule has 100 valence electrons. The minimum atomic E-state index is -0.460. The van der Waals surface area contributed by atoms with Crippen LogP contribution in [0.25, 0.3) is 0 Å². The Kier molecular flexibility index (Phi) is 4.24. The van der Waals surface area contributed by atoms with Gasteiger partial charge in [-0.1, -0.05) is 11.6 Å².